The van der Waals surface area contributed by atoms with E-state index >= 15 is 0 Å². The first kappa shape index (κ1) is 30.0. The Morgan fingerprint density at radius 2 is 1.73 bits per heavy atom. The highest BCUT2D eigenvalue weighted by Gasteiger charge is 2.23. The van der Waals surface area contributed by atoms with E-state index in [-0.39, 0.29) is 11.3 Å². The number of phenolic OH excluding ortho intramolecular Hbond substituents is 1. The number of benzene rings is 1. The molecule has 0 amide bonds. The van der Waals surface area contributed by atoms with Crippen LogP contribution in [0.1, 0.15) is 65.4 Å². The minimum absolute atomic E-state index is 0.0963. The molecule has 3 N–H and O–H groups in total. The van der Waals surface area contributed by atoms with E-state index in [1.54, 1.807) is 49.3 Å². The van der Waals surface area contributed by atoms with E-state index < -0.39 is 5.60 Å². The second-order valence-electron chi connectivity index (χ2n) is 9.86. The maximum absolute atomic E-state index is 12.5. The van der Waals surface area contributed by atoms with Gasteiger partial charge < -0.3 is 24.8 Å². The molecule has 1 aromatic carbocycles. The van der Waals surface area contributed by atoms with Gasteiger partial charge in [-0.2, -0.15) is 0 Å². The summed E-state index contributed by atoms with van der Waals surface area (Å²) in [6.07, 6.45) is 11.2. The van der Waals surface area contributed by atoms with Gasteiger partial charge in [0.05, 0.1) is 17.8 Å². The maximum atomic E-state index is 12.5. The van der Waals surface area contributed by atoms with Crippen LogP contribution >= 0.6 is 30.3 Å². The fourth-order valence-corrected chi connectivity index (χ4v) is 5.78. The van der Waals surface area contributed by atoms with Gasteiger partial charge in [0, 0.05) is 66.3 Å². The third kappa shape index (κ3) is 7.32. The van der Waals surface area contributed by atoms with Crippen molar-refractivity contribution in [3.05, 3.63) is 52.6 Å². The summed E-state index contributed by atoms with van der Waals surface area (Å²) in [5.41, 5.74) is 1.49. The van der Waals surface area contributed by atoms with Crippen molar-refractivity contribution in [2.45, 2.75) is 77.6 Å². The van der Waals surface area contributed by atoms with Gasteiger partial charge in [0.1, 0.15) is 11.3 Å². The van der Waals surface area contributed by atoms with Gasteiger partial charge in [0.2, 0.25) is 0 Å². The zero-order valence-corrected chi connectivity index (χ0v) is 25.4. The van der Waals surface area contributed by atoms with E-state index in [1.165, 1.54) is 45.8 Å². The minimum atomic E-state index is -1.02. The lowest BCUT2D eigenvalue weighted by Gasteiger charge is -2.32. The molecule has 0 radical (unpaired) electrons. The smallest absolute Gasteiger partial charge is 0.275 e. The Balaban J connectivity index is 0.000000243. The normalized spacial score (nSPS) is 16.4. The molecule has 1 saturated carbocycles. The highest BCUT2D eigenvalue weighted by atomic mass is 127. The van der Waals surface area contributed by atoms with Crippen molar-refractivity contribution in [1.29, 1.82) is 0 Å². The highest BCUT2D eigenvalue weighted by Crippen LogP contribution is 2.37. The molecule has 3 aromatic rings. The van der Waals surface area contributed by atoms with Crippen LogP contribution in [-0.4, -0.2) is 44.1 Å². The number of aromatic nitrogens is 2. The first-order valence-electron chi connectivity index (χ1n) is 13.1. The van der Waals surface area contributed by atoms with Crippen molar-refractivity contribution in [1.82, 2.24) is 13.9 Å². The fourth-order valence-electron chi connectivity index (χ4n) is 4.45. The monoisotopic (exact) mass is 641 g/mol. The van der Waals surface area contributed by atoms with E-state index in [9.17, 15) is 15.0 Å². The summed E-state index contributed by atoms with van der Waals surface area (Å²) < 4.78 is 9.20. The molecule has 3 heterocycles. The molecule has 2 aliphatic rings. The Bertz CT molecular complexity index is 1220. The number of aliphatic hydroxyl groups is 1. The van der Waals surface area contributed by atoms with E-state index in [0.717, 1.165) is 24.0 Å². The number of halogens is 1. The van der Waals surface area contributed by atoms with Crippen LogP contribution in [0.2, 0.25) is 0 Å². The summed E-state index contributed by atoms with van der Waals surface area (Å²) in [5, 5.41) is 24.7. The molecule has 2 aromatic heterocycles. The van der Waals surface area contributed by atoms with Crippen LogP contribution < -0.4 is 10.9 Å². The molecule has 9 heteroatoms. The number of aromatic hydroxyl groups is 1. The summed E-state index contributed by atoms with van der Waals surface area (Å²) >= 11 is 2.12. The summed E-state index contributed by atoms with van der Waals surface area (Å²) in [7, 11) is 3.11. The number of phenols is 1. The third-order valence-corrected chi connectivity index (χ3v) is 8.50. The van der Waals surface area contributed by atoms with Crippen LogP contribution in [0.15, 0.2) is 41.5 Å². The molecule has 0 bridgehead atoms. The molecule has 1 aliphatic heterocycles. The number of hydrogen-bond acceptors (Lipinski definition) is 6. The number of aryl methyl sites for hydroxylation is 1. The van der Waals surface area contributed by atoms with E-state index in [1.807, 2.05) is 26.1 Å². The number of hydrogen-bond donors (Lipinski definition) is 3. The minimum Gasteiger partial charge on any atom is -0.507 e. The van der Waals surface area contributed by atoms with Gasteiger partial charge in [0.15, 0.2) is 0 Å². The molecular weight excluding hydrogens is 601 g/mol. The number of piperidine rings is 1. The summed E-state index contributed by atoms with van der Waals surface area (Å²) in [6.45, 7) is 9.69. The average Bonchev–Trinajstić information content (AvgIpc) is 3.30. The predicted molar refractivity (Wildman–Crippen MR) is 162 cm³/mol. The Kier molecular flexibility index (Phi) is 11.0. The van der Waals surface area contributed by atoms with Crippen molar-refractivity contribution >= 4 is 41.2 Å². The lowest BCUT2D eigenvalue weighted by molar-refractivity contribution is -0.0617. The summed E-state index contributed by atoms with van der Waals surface area (Å²) in [6, 6.07) is 6.91. The van der Waals surface area contributed by atoms with Gasteiger partial charge >= 0.3 is 0 Å². The number of fused-ring (bicyclic) bond motifs is 1. The van der Waals surface area contributed by atoms with Crippen LogP contribution in [0, 0.1) is 0 Å². The predicted octanol–water partition coefficient (Wildman–Crippen LogP) is 6.12. The van der Waals surface area contributed by atoms with Crippen molar-refractivity contribution in [2.24, 2.45) is 7.05 Å². The molecule has 0 atom stereocenters. The standard InChI is InChI=1S/C17H17IN2O3S.C9H17NO.C2H6/c1-17(2,23)10-4-5-14(21)12(8-10)13-9-19(3)16(22)15-11(13)6-7-20(15)24-18;1-2-8(3-1)11-9-4-6-10-7-5-9;1-2/h4-9,21,23H,1-3H3;8-10H,1-7H2;1-2H3. The Labute approximate surface area is 236 Å². The van der Waals surface area contributed by atoms with Crippen LogP contribution in [-0.2, 0) is 17.4 Å². The quantitative estimate of drug-likeness (QED) is 0.291. The lowest BCUT2D eigenvalue weighted by Crippen LogP contribution is -2.36. The number of nitrogens with one attached hydrogen (secondary N) is 1. The molecule has 1 aliphatic carbocycles. The Morgan fingerprint density at radius 1 is 1.08 bits per heavy atom. The largest absolute Gasteiger partial charge is 0.507 e. The molecule has 2 fully saturated rings. The molecule has 204 valence electrons. The topological polar surface area (TPSA) is 88.7 Å². The van der Waals surface area contributed by atoms with Gasteiger partial charge in [-0.3, -0.25) is 8.77 Å². The summed E-state index contributed by atoms with van der Waals surface area (Å²) in [5.74, 6) is 0.109. The lowest BCUT2D eigenvalue weighted by atomic mass is 9.93. The van der Waals surface area contributed by atoms with Crippen molar-refractivity contribution < 1.29 is 14.9 Å². The molecule has 5 rings (SSSR count). The van der Waals surface area contributed by atoms with E-state index in [0.29, 0.717) is 28.9 Å². The molecule has 37 heavy (non-hydrogen) atoms. The van der Waals surface area contributed by atoms with Gasteiger partial charge in [-0.15, -0.1) is 0 Å². The van der Waals surface area contributed by atoms with Crippen LogP contribution in [0.25, 0.3) is 22.0 Å². The van der Waals surface area contributed by atoms with Crippen LogP contribution in [0.3, 0.4) is 0 Å². The molecule has 7 nitrogen and oxygen atoms in total. The number of nitrogens with zero attached hydrogens (tertiary/aromatic N) is 2. The zero-order chi connectivity index (χ0) is 27.2. The Morgan fingerprint density at radius 3 is 2.30 bits per heavy atom. The van der Waals surface area contributed by atoms with Crippen LogP contribution in [0.4, 0.5) is 0 Å². The highest BCUT2D eigenvalue weighted by molar-refractivity contribution is 14.2. The van der Waals surface area contributed by atoms with Gasteiger partial charge in [-0.25, -0.2) is 0 Å². The second kappa shape index (κ2) is 13.5. The first-order valence-corrected chi connectivity index (χ1v) is 16.4. The number of rotatable bonds is 5. The fraction of sp³-hybridized carbons (Fsp3) is 0.536. The second-order valence-corrected chi connectivity index (χ2v) is 11.6. The van der Waals surface area contributed by atoms with Crippen molar-refractivity contribution in [2.75, 3.05) is 13.1 Å². The SMILES string of the molecule is C1CC(OC2CCNCC2)C1.CC.Cn1cc(-c2cc(C(C)(C)O)ccc2O)c2ccn(SI)c2c1=O. The van der Waals surface area contributed by atoms with Crippen molar-refractivity contribution in [3.63, 3.8) is 0 Å². The molecule has 1 saturated heterocycles. The number of pyridine rings is 1. The molecular formula is C28H40IN3O4S. The average molecular weight is 642 g/mol. The molecule has 0 spiro atoms. The van der Waals surface area contributed by atoms with E-state index in [4.69, 9.17) is 4.74 Å². The maximum Gasteiger partial charge on any atom is 0.275 e. The Hall–Kier alpha value is -1.53. The van der Waals surface area contributed by atoms with Gasteiger partial charge in [-0.1, -0.05) is 19.9 Å². The molecule has 0 unspecified atom stereocenters. The summed E-state index contributed by atoms with van der Waals surface area (Å²) in [4.78, 5) is 12.5. The van der Waals surface area contributed by atoms with Gasteiger partial charge in [-0.05, 0) is 82.8 Å². The van der Waals surface area contributed by atoms with E-state index in [2.05, 4.69) is 26.5 Å². The van der Waals surface area contributed by atoms with Gasteiger partial charge in [0.25, 0.3) is 5.56 Å². The van der Waals surface area contributed by atoms with Crippen molar-refractivity contribution in [3.8, 4) is 16.9 Å². The number of ether oxygens (including phenoxy) is 1. The zero-order valence-electron chi connectivity index (χ0n) is 22.5. The third-order valence-electron chi connectivity index (χ3n) is 6.78. The first-order chi connectivity index (χ1) is 17.7. The van der Waals surface area contributed by atoms with Crippen LogP contribution in [0.5, 0.6) is 5.75 Å².